The molecule has 0 amide bonds. The van der Waals surface area contributed by atoms with Crippen LogP contribution in [0.15, 0.2) is 0 Å². The highest BCUT2D eigenvalue weighted by Gasteiger charge is 2.68. The molecule has 4 saturated carbocycles. The maximum absolute atomic E-state index is 11.1. The lowest BCUT2D eigenvalue weighted by atomic mass is 9.40. The molecule has 0 aromatic rings. The minimum atomic E-state index is -1.53. The average molecular weight is 755 g/mol. The molecule has 0 bridgehead atoms. The van der Waals surface area contributed by atoms with Crippen molar-refractivity contribution in [3.05, 3.63) is 0 Å². The van der Waals surface area contributed by atoms with Crippen LogP contribution in [-0.4, -0.2) is 135 Å². The highest BCUT2D eigenvalue weighted by Crippen LogP contribution is 2.70. The molecule has 4 heterocycles. The maximum Gasteiger partial charge on any atom is 0.186 e. The van der Waals surface area contributed by atoms with Crippen molar-refractivity contribution in [2.75, 3.05) is 19.8 Å². The molecule has 4 aliphatic carbocycles. The van der Waals surface area contributed by atoms with Crippen LogP contribution in [0.3, 0.4) is 0 Å². The summed E-state index contributed by atoms with van der Waals surface area (Å²) in [5.74, 6) is 1.96. The zero-order valence-corrected chi connectivity index (χ0v) is 31.9. The fraction of sp³-hybridized carbons (Fsp3) is 1.00. The van der Waals surface area contributed by atoms with E-state index in [1.807, 2.05) is 0 Å². The second kappa shape index (κ2) is 14.7. The molecule has 4 aliphatic heterocycles. The van der Waals surface area contributed by atoms with Gasteiger partial charge in [-0.2, -0.15) is 0 Å². The summed E-state index contributed by atoms with van der Waals surface area (Å²) in [5, 5.41) is 72.9. The van der Waals surface area contributed by atoms with E-state index in [4.69, 9.17) is 28.4 Å². The molecule has 8 rings (SSSR count). The summed E-state index contributed by atoms with van der Waals surface area (Å²) in [6, 6.07) is 0. The standard InChI is InChI=1S/C40H66O13/c1-19-7-12-40(48-18-19)20(2)32-27(53-40)6-5-23-22-14-28(51-37-36(47)35(46)34(45)30(17-42)52-37)25-13-21(49-31-15-26(43)33(44)29(16-41)50-31)8-10-38(25,3)24(22)9-11-39(23,32)4/h19-37,41-47H,5-18H2,1-4H3/t19-,20+,21+,22+,23-,24+,25-,26-,27+,28+,29-,30-,31-,32+,33+,34-,35+,36-,37-,38-,39+,40-/m1/s1. The van der Waals surface area contributed by atoms with Crippen LogP contribution >= 0.6 is 0 Å². The molecule has 0 aromatic carbocycles. The molecule has 0 radical (unpaired) electrons. The largest absolute Gasteiger partial charge is 0.394 e. The van der Waals surface area contributed by atoms with Crippen molar-refractivity contribution in [3.8, 4) is 0 Å². The van der Waals surface area contributed by atoms with Crippen LogP contribution < -0.4 is 0 Å². The fourth-order valence-corrected chi connectivity index (χ4v) is 13.5. The van der Waals surface area contributed by atoms with Crippen molar-refractivity contribution < 1.29 is 64.2 Å². The van der Waals surface area contributed by atoms with Crippen molar-refractivity contribution in [1.29, 1.82) is 0 Å². The first kappa shape index (κ1) is 39.3. The third kappa shape index (κ3) is 6.48. The van der Waals surface area contributed by atoms with Crippen molar-refractivity contribution >= 4 is 0 Å². The minimum absolute atomic E-state index is 0.00190. The number of rotatable bonds is 6. The van der Waals surface area contributed by atoms with Crippen molar-refractivity contribution in [2.45, 2.75) is 178 Å². The molecule has 13 heteroatoms. The van der Waals surface area contributed by atoms with Gasteiger partial charge in [-0.1, -0.05) is 27.7 Å². The smallest absolute Gasteiger partial charge is 0.186 e. The van der Waals surface area contributed by atoms with E-state index in [2.05, 4.69) is 27.7 Å². The molecular formula is C40H66O13. The Balaban J connectivity index is 1.07. The Labute approximate surface area is 313 Å². The molecule has 22 atom stereocenters. The van der Waals surface area contributed by atoms with E-state index in [0.29, 0.717) is 36.0 Å². The molecule has 1 spiro atoms. The van der Waals surface area contributed by atoms with Gasteiger partial charge in [-0.3, -0.25) is 0 Å². The average Bonchev–Trinajstić information content (AvgIpc) is 3.42. The minimum Gasteiger partial charge on any atom is -0.394 e. The van der Waals surface area contributed by atoms with Crippen LogP contribution in [0.25, 0.3) is 0 Å². The maximum atomic E-state index is 11.1. The Hall–Kier alpha value is -0.520. The number of fused-ring (bicyclic) bond motifs is 7. The molecule has 0 aromatic heterocycles. The third-order valence-electron chi connectivity index (χ3n) is 16.4. The Kier molecular flexibility index (Phi) is 10.9. The van der Waals surface area contributed by atoms with Gasteiger partial charge in [-0.15, -0.1) is 0 Å². The predicted molar refractivity (Wildman–Crippen MR) is 188 cm³/mol. The van der Waals surface area contributed by atoms with Gasteiger partial charge < -0.3 is 64.2 Å². The van der Waals surface area contributed by atoms with Crippen molar-refractivity contribution in [2.24, 2.45) is 52.3 Å². The highest BCUT2D eigenvalue weighted by atomic mass is 16.7. The Morgan fingerprint density at radius 3 is 2.11 bits per heavy atom. The highest BCUT2D eigenvalue weighted by molar-refractivity contribution is 5.14. The number of aliphatic hydroxyl groups is 7. The molecule has 53 heavy (non-hydrogen) atoms. The number of hydrogen-bond donors (Lipinski definition) is 7. The van der Waals surface area contributed by atoms with Crippen LogP contribution in [0.2, 0.25) is 0 Å². The molecular weight excluding hydrogens is 688 g/mol. The van der Waals surface area contributed by atoms with Crippen LogP contribution in [0.5, 0.6) is 0 Å². The first-order chi connectivity index (χ1) is 25.2. The summed E-state index contributed by atoms with van der Waals surface area (Å²) in [6.45, 7) is 9.31. The molecule has 8 fully saturated rings. The molecule has 13 nitrogen and oxygen atoms in total. The monoisotopic (exact) mass is 754 g/mol. The van der Waals surface area contributed by atoms with E-state index in [9.17, 15) is 35.7 Å². The van der Waals surface area contributed by atoms with Crippen LogP contribution in [0.4, 0.5) is 0 Å². The molecule has 7 N–H and O–H groups in total. The fourth-order valence-electron chi connectivity index (χ4n) is 13.5. The summed E-state index contributed by atoms with van der Waals surface area (Å²) in [4.78, 5) is 0. The quantitative estimate of drug-likeness (QED) is 0.194. The predicted octanol–water partition coefficient (Wildman–Crippen LogP) is 1.83. The molecule has 4 saturated heterocycles. The number of aliphatic hydroxyl groups excluding tert-OH is 7. The van der Waals surface area contributed by atoms with Crippen LogP contribution in [-0.2, 0) is 28.4 Å². The van der Waals surface area contributed by atoms with E-state index in [1.165, 1.54) is 0 Å². The van der Waals surface area contributed by atoms with Crippen LogP contribution in [0.1, 0.15) is 98.3 Å². The Bertz CT molecular complexity index is 1280. The summed E-state index contributed by atoms with van der Waals surface area (Å²) in [6.07, 6.45) is -1.69. The molecule has 0 unspecified atom stereocenters. The molecule has 8 aliphatic rings. The van der Waals surface area contributed by atoms with E-state index in [0.717, 1.165) is 64.4 Å². The topological polar surface area (TPSA) is 197 Å². The van der Waals surface area contributed by atoms with E-state index < -0.39 is 74.3 Å². The van der Waals surface area contributed by atoms with E-state index in [1.54, 1.807) is 0 Å². The SMILES string of the molecule is C[C@@H]1CC[C@@]2(OC1)O[C@H]1CC[C@@H]3[C@@H]4C[C@H](O[C@@H]5O[C@H](CO)[C@@H](O)[C@H](O)[C@H]5O)[C@H]5C[C@@H](O[C@H]6C[C@@H](O)[C@H](O)[C@@H](CO)O6)CC[C@]5(C)[C@H]4CC[C@]3(C)[C@H]1[C@@H]2C. The summed E-state index contributed by atoms with van der Waals surface area (Å²) >= 11 is 0. The van der Waals surface area contributed by atoms with E-state index >= 15 is 0 Å². The zero-order valence-electron chi connectivity index (χ0n) is 31.9. The number of hydrogen-bond acceptors (Lipinski definition) is 13. The third-order valence-corrected chi connectivity index (χ3v) is 16.4. The normalized spacial score (nSPS) is 58.4. The van der Waals surface area contributed by atoms with Crippen molar-refractivity contribution in [3.63, 3.8) is 0 Å². The zero-order chi connectivity index (χ0) is 37.6. The Morgan fingerprint density at radius 1 is 0.679 bits per heavy atom. The summed E-state index contributed by atoms with van der Waals surface area (Å²) in [7, 11) is 0. The second-order valence-corrected chi connectivity index (χ2v) is 19.1. The lowest BCUT2D eigenvalue weighted by molar-refractivity contribution is -0.331. The van der Waals surface area contributed by atoms with Gasteiger partial charge in [0.2, 0.25) is 0 Å². The lowest BCUT2D eigenvalue weighted by Crippen LogP contribution is -2.64. The van der Waals surface area contributed by atoms with Gasteiger partial charge in [0.25, 0.3) is 0 Å². The summed E-state index contributed by atoms with van der Waals surface area (Å²) < 4.78 is 38.7. The van der Waals surface area contributed by atoms with Gasteiger partial charge in [-0.25, -0.2) is 0 Å². The van der Waals surface area contributed by atoms with Gasteiger partial charge >= 0.3 is 0 Å². The summed E-state index contributed by atoms with van der Waals surface area (Å²) in [5.41, 5.74) is -0.0677. The first-order valence-electron chi connectivity index (χ1n) is 20.8. The van der Waals surface area contributed by atoms with Gasteiger partial charge in [0, 0.05) is 18.8 Å². The Morgan fingerprint density at radius 2 is 1.40 bits per heavy atom. The second-order valence-electron chi connectivity index (χ2n) is 19.1. The van der Waals surface area contributed by atoms with Crippen LogP contribution in [0, 0.1) is 52.3 Å². The van der Waals surface area contributed by atoms with Gasteiger partial charge in [0.1, 0.15) is 36.6 Å². The molecule has 304 valence electrons. The van der Waals surface area contributed by atoms with E-state index in [-0.39, 0.29) is 47.4 Å². The first-order valence-corrected chi connectivity index (χ1v) is 20.8. The van der Waals surface area contributed by atoms with Crippen molar-refractivity contribution in [1.82, 2.24) is 0 Å². The van der Waals surface area contributed by atoms with Gasteiger partial charge in [0.05, 0.1) is 44.2 Å². The van der Waals surface area contributed by atoms with Gasteiger partial charge in [0.15, 0.2) is 18.4 Å². The lowest BCUT2D eigenvalue weighted by Gasteiger charge is -2.66. The van der Waals surface area contributed by atoms with Gasteiger partial charge in [-0.05, 0) is 104 Å². The number of ether oxygens (including phenoxy) is 6.